The van der Waals surface area contributed by atoms with Crippen LogP contribution in [0.2, 0.25) is 0 Å². The van der Waals surface area contributed by atoms with Crippen molar-refractivity contribution < 1.29 is 9.18 Å². The van der Waals surface area contributed by atoms with Gasteiger partial charge in [0.25, 0.3) is 0 Å². The fourth-order valence-electron chi connectivity index (χ4n) is 3.00. The molecule has 24 heavy (non-hydrogen) atoms. The number of halogens is 1. The Morgan fingerprint density at radius 3 is 2.83 bits per heavy atom. The molecule has 2 heterocycles. The normalized spacial score (nSPS) is 14.1. The highest BCUT2D eigenvalue weighted by molar-refractivity contribution is 5.96. The van der Waals surface area contributed by atoms with Crippen molar-refractivity contribution in [1.29, 1.82) is 0 Å². The van der Waals surface area contributed by atoms with Crippen LogP contribution >= 0.6 is 0 Å². The number of carbonyl (C=O) groups excluding carboxylic acids is 1. The summed E-state index contributed by atoms with van der Waals surface area (Å²) in [6.07, 6.45) is 3.67. The van der Waals surface area contributed by atoms with Crippen molar-refractivity contribution in [2.45, 2.75) is 19.8 Å². The van der Waals surface area contributed by atoms with Crippen LogP contribution in [-0.2, 0) is 11.8 Å². The van der Waals surface area contributed by atoms with Gasteiger partial charge in [-0.3, -0.25) is 4.79 Å². The smallest absolute Gasteiger partial charge is 0.228 e. The van der Waals surface area contributed by atoms with Gasteiger partial charge in [0.2, 0.25) is 5.91 Å². The number of hydrogen-bond acceptors (Lipinski definition) is 2. The van der Waals surface area contributed by atoms with Gasteiger partial charge in [0.15, 0.2) is 0 Å². The average Bonchev–Trinajstić information content (AvgIpc) is 3.35. The van der Waals surface area contributed by atoms with Crippen molar-refractivity contribution >= 4 is 22.6 Å². The van der Waals surface area contributed by atoms with E-state index in [1.165, 1.54) is 6.07 Å². The minimum Gasteiger partial charge on any atom is -0.342 e. The van der Waals surface area contributed by atoms with E-state index in [1.54, 1.807) is 18.3 Å². The van der Waals surface area contributed by atoms with Crippen molar-refractivity contribution in [2.24, 2.45) is 13.0 Å². The molecule has 5 heteroatoms. The van der Waals surface area contributed by atoms with Gasteiger partial charge in [-0.05, 0) is 49.6 Å². The van der Waals surface area contributed by atoms with E-state index < -0.39 is 0 Å². The summed E-state index contributed by atoms with van der Waals surface area (Å²) in [6.45, 7) is 1.96. The van der Waals surface area contributed by atoms with E-state index in [4.69, 9.17) is 0 Å². The molecule has 2 aromatic heterocycles. The molecule has 0 unspecified atom stereocenters. The summed E-state index contributed by atoms with van der Waals surface area (Å²) >= 11 is 0. The van der Waals surface area contributed by atoms with E-state index in [0.717, 1.165) is 40.6 Å². The first-order valence-electron chi connectivity index (χ1n) is 8.06. The molecule has 122 valence electrons. The van der Waals surface area contributed by atoms with Crippen molar-refractivity contribution in [2.75, 3.05) is 5.32 Å². The first-order chi connectivity index (χ1) is 11.5. The van der Waals surface area contributed by atoms with Gasteiger partial charge in [0.1, 0.15) is 11.6 Å². The van der Waals surface area contributed by atoms with E-state index in [2.05, 4.69) is 10.3 Å². The Morgan fingerprint density at radius 2 is 2.08 bits per heavy atom. The molecule has 0 aliphatic heterocycles. The fraction of sp³-hybridized carbons (Fsp3) is 0.263. The van der Waals surface area contributed by atoms with Crippen LogP contribution in [0.15, 0.2) is 36.5 Å². The zero-order valence-corrected chi connectivity index (χ0v) is 13.6. The van der Waals surface area contributed by atoms with Gasteiger partial charge < -0.3 is 9.88 Å². The molecule has 1 aliphatic carbocycles. The van der Waals surface area contributed by atoms with Crippen LogP contribution < -0.4 is 5.32 Å². The highest BCUT2D eigenvalue weighted by atomic mass is 19.1. The number of rotatable bonds is 3. The van der Waals surface area contributed by atoms with Crippen LogP contribution in [-0.4, -0.2) is 15.5 Å². The molecular formula is C19H18FN3O. The molecule has 1 saturated carbocycles. The zero-order chi connectivity index (χ0) is 16.8. The van der Waals surface area contributed by atoms with Crippen molar-refractivity contribution in [3.05, 3.63) is 47.9 Å². The van der Waals surface area contributed by atoms with Gasteiger partial charge in [-0.2, -0.15) is 0 Å². The summed E-state index contributed by atoms with van der Waals surface area (Å²) < 4.78 is 15.6. The van der Waals surface area contributed by atoms with Gasteiger partial charge in [-0.1, -0.05) is 6.07 Å². The first-order valence-corrected chi connectivity index (χ1v) is 8.06. The second-order valence-electron chi connectivity index (χ2n) is 6.44. The van der Waals surface area contributed by atoms with Gasteiger partial charge in [-0.15, -0.1) is 0 Å². The lowest BCUT2D eigenvalue weighted by Crippen LogP contribution is -2.14. The summed E-state index contributed by atoms with van der Waals surface area (Å²) in [6, 6.07) is 8.67. The lowest BCUT2D eigenvalue weighted by molar-refractivity contribution is -0.117. The maximum absolute atomic E-state index is 13.6. The lowest BCUT2D eigenvalue weighted by Gasteiger charge is -2.08. The molecule has 1 N–H and O–H groups in total. The Morgan fingerprint density at radius 1 is 1.29 bits per heavy atom. The summed E-state index contributed by atoms with van der Waals surface area (Å²) in [7, 11) is 1.94. The third-order valence-electron chi connectivity index (χ3n) is 4.60. The number of hydrogen-bond donors (Lipinski definition) is 1. The van der Waals surface area contributed by atoms with E-state index in [-0.39, 0.29) is 17.6 Å². The van der Waals surface area contributed by atoms with E-state index in [0.29, 0.717) is 5.82 Å². The van der Waals surface area contributed by atoms with Crippen LogP contribution in [0.5, 0.6) is 0 Å². The highest BCUT2D eigenvalue weighted by Gasteiger charge is 2.29. The number of amides is 1. The molecule has 1 aliphatic rings. The Kier molecular flexibility index (Phi) is 3.37. The summed E-state index contributed by atoms with van der Waals surface area (Å²) in [5.74, 6) is 0.492. The van der Waals surface area contributed by atoms with E-state index in [1.807, 2.05) is 30.7 Å². The highest BCUT2D eigenvalue weighted by Crippen LogP contribution is 2.32. The summed E-state index contributed by atoms with van der Waals surface area (Å²) in [5, 5.41) is 3.84. The number of carbonyl (C=O) groups is 1. The molecule has 1 aromatic carbocycles. The number of nitrogens with one attached hydrogen (secondary N) is 1. The number of anilines is 1. The second kappa shape index (κ2) is 5.44. The number of fused-ring (bicyclic) bond motifs is 1. The Labute approximate surface area is 139 Å². The summed E-state index contributed by atoms with van der Waals surface area (Å²) in [4.78, 5) is 16.2. The quantitative estimate of drug-likeness (QED) is 0.791. The van der Waals surface area contributed by atoms with Crippen LogP contribution in [0.25, 0.3) is 22.2 Å². The maximum Gasteiger partial charge on any atom is 0.228 e. The average molecular weight is 323 g/mol. The monoisotopic (exact) mass is 323 g/mol. The zero-order valence-electron chi connectivity index (χ0n) is 13.6. The molecule has 3 aromatic rings. The van der Waals surface area contributed by atoms with Gasteiger partial charge in [0.05, 0.1) is 11.7 Å². The second-order valence-corrected chi connectivity index (χ2v) is 6.44. The van der Waals surface area contributed by atoms with Crippen molar-refractivity contribution in [3.63, 3.8) is 0 Å². The standard InChI is InChI=1S/C19H18FN3O/c1-11-3-6-14(20)9-15(11)16-7-13-8-18(21-10-17(13)23(16)2)22-19(24)12-4-5-12/h3,6-10,12H,4-5H2,1-2H3,(H,21,22,24). The van der Waals surface area contributed by atoms with E-state index in [9.17, 15) is 9.18 Å². The maximum atomic E-state index is 13.6. The molecule has 0 saturated heterocycles. The van der Waals surface area contributed by atoms with Crippen LogP contribution in [0.3, 0.4) is 0 Å². The molecule has 4 nitrogen and oxygen atoms in total. The first kappa shape index (κ1) is 14.9. The predicted octanol–water partition coefficient (Wildman–Crippen LogP) is 4.04. The largest absolute Gasteiger partial charge is 0.342 e. The fourth-order valence-corrected chi connectivity index (χ4v) is 3.00. The molecule has 4 rings (SSSR count). The summed E-state index contributed by atoms with van der Waals surface area (Å²) in [5.41, 5.74) is 3.74. The van der Waals surface area contributed by atoms with Gasteiger partial charge >= 0.3 is 0 Å². The molecule has 0 atom stereocenters. The number of benzene rings is 1. The number of nitrogens with zero attached hydrogens (tertiary/aromatic N) is 2. The van der Waals surface area contributed by atoms with Crippen LogP contribution in [0.1, 0.15) is 18.4 Å². The topological polar surface area (TPSA) is 46.9 Å². The molecule has 0 radical (unpaired) electrons. The SMILES string of the molecule is Cc1ccc(F)cc1-c1cc2cc(NC(=O)C3CC3)ncc2n1C. The molecule has 0 bridgehead atoms. The van der Waals surface area contributed by atoms with Crippen LogP contribution in [0, 0.1) is 18.7 Å². The number of aryl methyl sites for hydroxylation is 2. The Hall–Kier alpha value is -2.69. The minimum atomic E-state index is -0.253. The van der Waals surface area contributed by atoms with Crippen molar-refractivity contribution in [1.82, 2.24) is 9.55 Å². The Bertz CT molecular complexity index is 957. The number of pyridine rings is 1. The van der Waals surface area contributed by atoms with E-state index >= 15 is 0 Å². The molecular weight excluding hydrogens is 305 g/mol. The Balaban J connectivity index is 1.76. The van der Waals surface area contributed by atoms with Crippen molar-refractivity contribution in [3.8, 4) is 11.3 Å². The third kappa shape index (κ3) is 2.56. The molecule has 1 fully saturated rings. The minimum absolute atomic E-state index is 0.0407. The molecule has 1 amide bonds. The number of aromatic nitrogens is 2. The molecule has 0 spiro atoms. The predicted molar refractivity (Wildman–Crippen MR) is 92.2 cm³/mol. The lowest BCUT2D eigenvalue weighted by atomic mass is 10.1. The van der Waals surface area contributed by atoms with Gasteiger partial charge in [0, 0.05) is 29.6 Å². The third-order valence-corrected chi connectivity index (χ3v) is 4.60. The van der Waals surface area contributed by atoms with Crippen LogP contribution in [0.4, 0.5) is 10.2 Å². The van der Waals surface area contributed by atoms with Gasteiger partial charge in [-0.25, -0.2) is 9.37 Å².